The quantitative estimate of drug-likeness (QED) is 0.797. The van der Waals surface area contributed by atoms with Crippen LogP contribution in [-0.4, -0.2) is 23.9 Å². The van der Waals surface area contributed by atoms with Crippen molar-refractivity contribution in [1.29, 1.82) is 0 Å². The summed E-state index contributed by atoms with van der Waals surface area (Å²) in [6.45, 7) is 7.18. The number of carbonyl (C=O) groups excluding carboxylic acids is 1. The summed E-state index contributed by atoms with van der Waals surface area (Å²) in [6, 6.07) is 10.0. The van der Waals surface area contributed by atoms with Crippen molar-refractivity contribution < 1.29 is 4.79 Å². The average Bonchev–Trinajstić information content (AvgIpc) is 2.79. The third kappa shape index (κ3) is 1.66. The van der Waals surface area contributed by atoms with Gasteiger partial charge in [-0.2, -0.15) is 0 Å². The molecular weight excluding hydrogens is 246 g/mol. The van der Waals surface area contributed by atoms with E-state index in [4.69, 9.17) is 0 Å². The van der Waals surface area contributed by atoms with Crippen LogP contribution in [-0.2, 0) is 0 Å². The van der Waals surface area contributed by atoms with Crippen molar-refractivity contribution in [3.8, 4) is 0 Å². The van der Waals surface area contributed by atoms with Crippen LogP contribution in [0.5, 0.6) is 0 Å². The van der Waals surface area contributed by atoms with Crippen LogP contribution in [0.1, 0.15) is 50.4 Å². The minimum Gasteiger partial charge on any atom is -0.338 e. The Hall–Kier alpha value is -1.31. The lowest BCUT2D eigenvalue weighted by Gasteiger charge is -2.43. The molecule has 0 saturated heterocycles. The van der Waals surface area contributed by atoms with Gasteiger partial charge in [0.15, 0.2) is 0 Å². The molecule has 0 N–H and O–H groups in total. The Kier molecular flexibility index (Phi) is 2.97. The average molecular weight is 271 g/mol. The molecule has 2 nitrogen and oxygen atoms in total. The maximum Gasteiger partial charge on any atom is 0.253 e. The monoisotopic (exact) mass is 271 g/mol. The normalized spacial score (nSPS) is 34.2. The van der Waals surface area contributed by atoms with E-state index in [0.717, 1.165) is 11.5 Å². The first kappa shape index (κ1) is 13.7. The topological polar surface area (TPSA) is 20.3 Å². The maximum atomic E-state index is 12.7. The Morgan fingerprint density at radius 1 is 1.20 bits per heavy atom. The molecule has 2 saturated carbocycles. The lowest BCUT2D eigenvalue weighted by atomic mass is 9.69. The van der Waals surface area contributed by atoms with Crippen LogP contribution in [0.4, 0.5) is 0 Å². The predicted molar refractivity (Wildman–Crippen MR) is 81.6 cm³/mol. The number of nitrogens with zero attached hydrogens (tertiary/aromatic N) is 1. The van der Waals surface area contributed by atoms with Crippen LogP contribution in [0.15, 0.2) is 30.3 Å². The van der Waals surface area contributed by atoms with Gasteiger partial charge in [0.25, 0.3) is 5.91 Å². The first-order valence-electron chi connectivity index (χ1n) is 7.70. The summed E-state index contributed by atoms with van der Waals surface area (Å²) in [6.07, 6.45) is 3.74. The van der Waals surface area contributed by atoms with E-state index in [0.29, 0.717) is 11.5 Å². The molecule has 3 rings (SSSR count). The molecule has 3 atom stereocenters. The van der Waals surface area contributed by atoms with Crippen molar-refractivity contribution in [2.24, 2.45) is 16.7 Å². The number of carbonyl (C=O) groups is 1. The lowest BCUT2D eigenvalue weighted by Crippen LogP contribution is -2.47. The zero-order valence-corrected chi connectivity index (χ0v) is 13.0. The van der Waals surface area contributed by atoms with E-state index in [1.165, 1.54) is 19.3 Å². The first-order valence-corrected chi connectivity index (χ1v) is 7.70. The molecule has 20 heavy (non-hydrogen) atoms. The second-order valence-corrected chi connectivity index (χ2v) is 7.41. The fourth-order valence-electron chi connectivity index (χ4n) is 4.67. The highest BCUT2D eigenvalue weighted by Crippen LogP contribution is 2.66. The number of hydrogen-bond acceptors (Lipinski definition) is 1. The summed E-state index contributed by atoms with van der Waals surface area (Å²) in [7, 11) is 1.99. The zero-order valence-electron chi connectivity index (χ0n) is 13.0. The van der Waals surface area contributed by atoms with E-state index in [1.54, 1.807) is 0 Å². The Morgan fingerprint density at radius 3 is 2.35 bits per heavy atom. The van der Waals surface area contributed by atoms with Crippen molar-refractivity contribution in [1.82, 2.24) is 4.90 Å². The number of hydrogen-bond donors (Lipinski definition) is 0. The standard InChI is InChI=1S/C18H25NO/c1-17(2)14-10-11-18(17,3)15(12-14)19(4)16(20)13-8-6-5-7-9-13/h5-9,14-15H,10-12H2,1-4H3/t14-,15-,18+/m1/s1. The molecule has 0 radical (unpaired) electrons. The van der Waals surface area contributed by atoms with Crippen molar-refractivity contribution in [3.63, 3.8) is 0 Å². The van der Waals surface area contributed by atoms with E-state index >= 15 is 0 Å². The fourth-order valence-corrected chi connectivity index (χ4v) is 4.67. The molecule has 1 aromatic rings. The summed E-state index contributed by atoms with van der Waals surface area (Å²) < 4.78 is 0. The molecule has 2 heteroatoms. The van der Waals surface area contributed by atoms with Crippen molar-refractivity contribution in [2.75, 3.05) is 7.05 Å². The molecule has 2 aliphatic carbocycles. The van der Waals surface area contributed by atoms with Crippen LogP contribution < -0.4 is 0 Å². The fraction of sp³-hybridized carbons (Fsp3) is 0.611. The predicted octanol–water partition coefficient (Wildman–Crippen LogP) is 3.97. The molecule has 2 bridgehead atoms. The maximum absolute atomic E-state index is 12.7. The Morgan fingerprint density at radius 2 is 1.85 bits per heavy atom. The highest BCUT2D eigenvalue weighted by molar-refractivity contribution is 5.94. The van der Waals surface area contributed by atoms with Gasteiger partial charge >= 0.3 is 0 Å². The van der Waals surface area contributed by atoms with Crippen LogP contribution in [0.3, 0.4) is 0 Å². The van der Waals surface area contributed by atoms with Crippen molar-refractivity contribution >= 4 is 5.91 Å². The van der Waals surface area contributed by atoms with Crippen molar-refractivity contribution in [2.45, 2.75) is 46.1 Å². The van der Waals surface area contributed by atoms with Crippen molar-refractivity contribution in [3.05, 3.63) is 35.9 Å². The van der Waals surface area contributed by atoms with E-state index in [1.807, 2.05) is 42.3 Å². The molecule has 0 spiro atoms. The lowest BCUT2D eigenvalue weighted by molar-refractivity contribution is 0.0415. The van der Waals surface area contributed by atoms with Gasteiger partial charge in [-0.3, -0.25) is 4.79 Å². The van der Waals surface area contributed by atoms with Crippen LogP contribution in [0, 0.1) is 16.7 Å². The number of benzene rings is 1. The van der Waals surface area contributed by atoms with Crippen LogP contribution in [0.2, 0.25) is 0 Å². The molecule has 0 unspecified atom stereocenters. The van der Waals surface area contributed by atoms with Crippen LogP contribution in [0.25, 0.3) is 0 Å². The van der Waals surface area contributed by atoms with E-state index in [2.05, 4.69) is 20.8 Å². The highest BCUT2D eigenvalue weighted by Gasteiger charge is 2.62. The molecule has 1 aromatic carbocycles. The van der Waals surface area contributed by atoms with Gasteiger partial charge in [-0.15, -0.1) is 0 Å². The summed E-state index contributed by atoms with van der Waals surface area (Å²) in [5.41, 5.74) is 1.42. The molecule has 108 valence electrons. The second kappa shape index (κ2) is 4.34. The molecular formula is C18H25NO. The molecule has 1 amide bonds. The third-order valence-corrected chi connectivity index (χ3v) is 6.56. The third-order valence-electron chi connectivity index (χ3n) is 6.56. The molecule has 0 aliphatic heterocycles. The van der Waals surface area contributed by atoms with Gasteiger partial charge in [-0.25, -0.2) is 0 Å². The van der Waals surface area contributed by atoms with Crippen LogP contribution >= 0.6 is 0 Å². The zero-order chi connectivity index (χ0) is 14.5. The molecule has 0 aromatic heterocycles. The number of fused-ring (bicyclic) bond motifs is 2. The van der Waals surface area contributed by atoms with Gasteiger partial charge in [0.05, 0.1) is 0 Å². The van der Waals surface area contributed by atoms with Gasteiger partial charge in [0.1, 0.15) is 0 Å². The summed E-state index contributed by atoms with van der Waals surface area (Å²) >= 11 is 0. The largest absolute Gasteiger partial charge is 0.338 e. The smallest absolute Gasteiger partial charge is 0.253 e. The van der Waals surface area contributed by atoms with Gasteiger partial charge in [0.2, 0.25) is 0 Å². The van der Waals surface area contributed by atoms with Gasteiger partial charge in [0, 0.05) is 18.7 Å². The number of rotatable bonds is 2. The van der Waals surface area contributed by atoms with Gasteiger partial charge < -0.3 is 4.90 Å². The summed E-state index contributed by atoms with van der Waals surface area (Å²) in [4.78, 5) is 14.7. The minimum absolute atomic E-state index is 0.167. The Labute approximate surface area is 122 Å². The van der Waals surface area contributed by atoms with E-state index < -0.39 is 0 Å². The Bertz CT molecular complexity index is 521. The van der Waals surface area contributed by atoms with E-state index in [9.17, 15) is 4.79 Å². The first-order chi connectivity index (χ1) is 9.38. The minimum atomic E-state index is 0.167. The SMILES string of the molecule is CN(C(=O)c1ccccc1)[C@@H]1C[C@H]2CC[C@]1(C)C2(C)C. The number of amides is 1. The van der Waals surface area contributed by atoms with E-state index in [-0.39, 0.29) is 11.3 Å². The highest BCUT2D eigenvalue weighted by atomic mass is 16.2. The summed E-state index contributed by atoms with van der Waals surface area (Å²) in [5.74, 6) is 0.934. The summed E-state index contributed by atoms with van der Waals surface area (Å²) in [5, 5.41) is 0. The van der Waals surface area contributed by atoms with Gasteiger partial charge in [-0.05, 0) is 48.1 Å². The molecule has 2 aliphatic rings. The van der Waals surface area contributed by atoms with Gasteiger partial charge in [-0.1, -0.05) is 39.0 Å². The Balaban J connectivity index is 1.86. The second-order valence-electron chi connectivity index (χ2n) is 7.41. The molecule has 2 fully saturated rings. The molecule has 0 heterocycles.